The monoisotopic (exact) mass is 404 g/mol. The summed E-state index contributed by atoms with van der Waals surface area (Å²) in [6.07, 6.45) is 3.14. The number of methoxy groups -OCH3 is 1. The first-order valence-corrected chi connectivity index (χ1v) is 8.80. The van der Waals surface area contributed by atoms with Crippen molar-refractivity contribution in [1.82, 2.24) is 14.9 Å². The van der Waals surface area contributed by atoms with Crippen molar-refractivity contribution in [2.75, 3.05) is 20.3 Å². The van der Waals surface area contributed by atoms with E-state index >= 15 is 0 Å². The summed E-state index contributed by atoms with van der Waals surface area (Å²) in [5, 5.41) is 11.2. The number of hydrogen-bond donors (Lipinski definition) is 1. The van der Waals surface area contributed by atoms with Gasteiger partial charge in [0.15, 0.2) is 11.5 Å². The predicted molar refractivity (Wildman–Crippen MR) is 106 cm³/mol. The summed E-state index contributed by atoms with van der Waals surface area (Å²) in [6, 6.07) is 12.8. The number of halogens is 1. The standard InChI is InChI=1S/C18H17ClN4O3S/c1-24-17-10-13(11-21-23-12-20-22-18(23)27)6-7-16(17)26-9-8-25-15-5-3-2-4-14(15)19/h2-7,10-12H,8-9H2,1H3,(H,22,27)/b21-11-. The van der Waals surface area contributed by atoms with E-state index in [0.29, 0.717) is 40.3 Å². The molecule has 0 spiro atoms. The lowest BCUT2D eigenvalue weighted by molar-refractivity contribution is 0.211. The topological polar surface area (TPSA) is 73.7 Å². The molecule has 1 N–H and O–H groups in total. The largest absolute Gasteiger partial charge is 0.493 e. The summed E-state index contributed by atoms with van der Waals surface area (Å²) < 4.78 is 18.6. The molecule has 1 heterocycles. The maximum absolute atomic E-state index is 6.05. The van der Waals surface area contributed by atoms with Crippen LogP contribution >= 0.6 is 23.8 Å². The van der Waals surface area contributed by atoms with Gasteiger partial charge in [-0.3, -0.25) is 5.10 Å². The molecule has 0 fully saturated rings. The molecular formula is C18H17ClN4O3S. The number of nitrogens with zero attached hydrogens (tertiary/aromatic N) is 3. The molecule has 3 rings (SSSR count). The summed E-state index contributed by atoms with van der Waals surface area (Å²) in [5.41, 5.74) is 0.828. The van der Waals surface area contributed by atoms with Gasteiger partial charge in [0.2, 0.25) is 4.77 Å². The van der Waals surface area contributed by atoms with Crippen molar-refractivity contribution in [3.05, 3.63) is 64.1 Å². The van der Waals surface area contributed by atoms with Crippen LogP contribution < -0.4 is 14.2 Å². The number of aromatic nitrogens is 3. The highest BCUT2D eigenvalue weighted by molar-refractivity contribution is 7.71. The van der Waals surface area contributed by atoms with Crippen molar-refractivity contribution in [2.45, 2.75) is 0 Å². The van der Waals surface area contributed by atoms with Crippen molar-refractivity contribution < 1.29 is 14.2 Å². The van der Waals surface area contributed by atoms with Crippen LogP contribution in [-0.2, 0) is 0 Å². The first-order chi connectivity index (χ1) is 13.2. The van der Waals surface area contributed by atoms with E-state index < -0.39 is 0 Å². The number of nitrogens with one attached hydrogen (secondary N) is 1. The average Bonchev–Trinajstić information content (AvgIpc) is 3.10. The molecule has 9 heteroatoms. The quantitative estimate of drug-likeness (QED) is 0.349. The summed E-state index contributed by atoms with van der Waals surface area (Å²) >= 11 is 11.1. The molecule has 0 atom stereocenters. The highest BCUT2D eigenvalue weighted by Gasteiger charge is 2.06. The van der Waals surface area contributed by atoms with Crippen LogP contribution in [0.5, 0.6) is 17.2 Å². The smallest absolute Gasteiger partial charge is 0.216 e. The minimum absolute atomic E-state index is 0.346. The van der Waals surface area contributed by atoms with E-state index in [4.69, 9.17) is 38.0 Å². The zero-order chi connectivity index (χ0) is 19.1. The molecule has 0 bridgehead atoms. The normalized spacial score (nSPS) is 10.9. The van der Waals surface area contributed by atoms with Crippen molar-refractivity contribution in [2.24, 2.45) is 5.10 Å². The van der Waals surface area contributed by atoms with Crippen LogP contribution in [0.2, 0.25) is 5.02 Å². The van der Waals surface area contributed by atoms with Crippen molar-refractivity contribution in [3.8, 4) is 17.2 Å². The Labute approximate surface area is 166 Å². The van der Waals surface area contributed by atoms with Gasteiger partial charge >= 0.3 is 0 Å². The minimum atomic E-state index is 0.346. The van der Waals surface area contributed by atoms with E-state index in [1.165, 1.54) is 11.0 Å². The minimum Gasteiger partial charge on any atom is -0.493 e. The van der Waals surface area contributed by atoms with E-state index in [-0.39, 0.29) is 0 Å². The Morgan fingerprint density at radius 3 is 2.63 bits per heavy atom. The lowest BCUT2D eigenvalue weighted by Crippen LogP contribution is -2.09. The fourth-order valence-electron chi connectivity index (χ4n) is 2.20. The molecule has 3 aromatic rings. The van der Waals surface area contributed by atoms with Crippen LogP contribution in [0.3, 0.4) is 0 Å². The summed E-state index contributed by atoms with van der Waals surface area (Å²) in [5.74, 6) is 1.82. The SMILES string of the molecule is COc1cc(/C=N\n2cn[nH]c2=S)ccc1OCCOc1ccccc1Cl. The van der Waals surface area contributed by atoms with Crippen LogP contribution in [0, 0.1) is 4.77 Å². The van der Waals surface area contributed by atoms with E-state index in [9.17, 15) is 0 Å². The zero-order valence-corrected chi connectivity index (χ0v) is 16.0. The Kier molecular flexibility index (Phi) is 6.45. The third-order valence-electron chi connectivity index (χ3n) is 3.49. The van der Waals surface area contributed by atoms with E-state index in [1.54, 1.807) is 19.4 Å². The molecule has 140 valence electrons. The first kappa shape index (κ1) is 18.9. The van der Waals surface area contributed by atoms with Crippen LogP contribution in [0.4, 0.5) is 0 Å². The molecule has 1 aromatic heterocycles. The summed E-state index contributed by atoms with van der Waals surface area (Å²) in [6.45, 7) is 0.702. The number of aromatic amines is 1. The lowest BCUT2D eigenvalue weighted by Gasteiger charge is -2.12. The van der Waals surface area contributed by atoms with Gasteiger partial charge in [0.25, 0.3) is 0 Å². The predicted octanol–water partition coefficient (Wildman–Crippen LogP) is 3.94. The molecule has 0 saturated carbocycles. The third-order valence-corrected chi connectivity index (χ3v) is 4.08. The zero-order valence-electron chi connectivity index (χ0n) is 14.5. The van der Waals surface area contributed by atoms with Crippen LogP contribution in [0.1, 0.15) is 5.56 Å². The van der Waals surface area contributed by atoms with Crippen LogP contribution in [0.15, 0.2) is 53.9 Å². The van der Waals surface area contributed by atoms with Gasteiger partial charge in [0.1, 0.15) is 25.3 Å². The summed E-state index contributed by atoms with van der Waals surface area (Å²) in [7, 11) is 1.58. The molecule has 0 amide bonds. The van der Waals surface area contributed by atoms with Gasteiger partial charge in [0, 0.05) is 0 Å². The van der Waals surface area contributed by atoms with Gasteiger partial charge in [-0.25, -0.2) is 0 Å². The lowest BCUT2D eigenvalue weighted by atomic mass is 10.2. The highest BCUT2D eigenvalue weighted by atomic mass is 35.5. The highest BCUT2D eigenvalue weighted by Crippen LogP contribution is 2.28. The Bertz CT molecular complexity index is 986. The Morgan fingerprint density at radius 2 is 1.93 bits per heavy atom. The van der Waals surface area contributed by atoms with Gasteiger partial charge in [-0.05, 0) is 48.1 Å². The molecule has 0 saturated heterocycles. The van der Waals surface area contributed by atoms with Gasteiger partial charge in [-0.1, -0.05) is 23.7 Å². The average molecular weight is 405 g/mol. The fraction of sp³-hybridized carbons (Fsp3) is 0.167. The Balaban J connectivity index is 1.59. The van der Waals surface area contributed by atoms with Crippen LogP contribution in [-0.4, -0.2) is 41.4 Å². The van der Waals surface area contributed by atoms with Crippen molar-refractivity contribution >= 4 is 30.0 Å². The number of ether oxygens (including phenoxy) is 3. The molecule has 7 nitrogen and oxygen atoms in total. The second kappa shape index (κ2) is 9.20. The molecule has 0 aliphatic heterocycles. The number of para-hydroxylation sites is 1. The number of H-pyrrole nitrogens is 1. The van der Waals surface area contributed by atoms with Gasteiger partial charge in [0.05, 0.1) is 18.3 Å². The summed E-state index contributed by atoms with van der Waals surface area (Å²) in [4.78, 5) is 0. The number of rotatable bonds is 8. The van der Waals surface area contributed by atoms with Crippen molar-refractivity contribution in [1.29, 1.82) is 0 Å². The molecule has 0 radical (unpaired) electrons. The molecular weight excluding hydrogens is 388 g/mol. The van der Waals surface area contributed by atoms with Gasteiger partial charge < -0.3 is 14.2 Å². The van der Waals surface area contributed by atoms with Crippen molar-refractivity contribution in [3.63, 3.8) is 0 Å². The molecule has 27 heavy (non-hydrogen) atoms. The molecule has 0 aliphatic carbocycles. The Morgan fingerprint density at radius 1 is 1.15 bits per heavy atom. The second-order valence-electron chi connectivity index (χ2n) is 5.29. The maximum atomic E-state index is 6.05. The Hall–Kier alpha value is -2.84. The number of benzene rings is 2. The maximum Gasteiger partial charge on any atom is 0.216 e. The first-order valence-electron chi connectivity index (χ1n) is 8.02. The molecule has 2 aromatic carbocycles. The van der Waals surface area contributed by atoms with Gasteiger partial charge in [-0.2, -0.15) is 14.9 Å². The number of hydrogen-bond acceptors (Lipinski definition) is 6. The molecule has 0 aliphatic rings. The van der Waals surface area contributed by atoms with E-state index in [0.717, 1.165) is 5.56 Å². The molecule has 0 unspecified atom stereocenters. The fourth-order valence-corrected chi connectivity index (χ4v) is 2.54. The van der Waals surface area contributed by atoms with Crippen LogP contribution in [0.25, 0.3) is 0 Å². The van der Waals surface area contributed by atoms with E-state index in [2.05, 4.69) is 15.3 Å². The third kappa shape index (κ3) is 5.08. The second-order valence-corrected chi connectivity index (χ2v) is 6.08. The van der Waals surface area contributed by atoms with E-state index in [1.807, 2.05) is 36.4 Å². The van der Waals surface area contributed by atoms with Gasteiger partial charge in [-0.15, -0.1) is 0 Å².